The Bertz CT molecular complexity index is 605. The van der Waals surface area contributed by atoms with Crippen molar-refractivity contribution in [3.8, 4) is 11.5 Å². The van der Waals surface area contributed by atoms with Gasteiger partial charge in [0.25, 0.3) is 0 Å². The number of hydrogen-bond acceptors (Lipinski definition) is 4. The van der Waals surface area contributed by atoms with Crippen molar-refractivity contribution in [1.29, 1.82) is 0 Å². The fourth-order valence-corrected chi connectivity index (χ4v) is 3.72. The molecule has 1 aromatic rings. The smallest absolute Gasteiger partial charge is 0.191 e. The van der Waals surface area contributed by atoms with Crippen LogP contribution in [0.1, 0.15) is 44.6 Å². The highest BCUT2D eigenvalue weighted by molar-refractivity contribution is 14.0. The number of phenols is 1. The van der Waals surface area contributed by atoms with Gasteiger partial charge in [-0.1, -0.05) is 18.9 Å². The zero-order valence-electron chi connectivity index (χ0n) is 17.4. The third-order valence-corrected chi connectivity index (χ3v) is 5.37. The summed E-state index contributed by atoms with van der Waals surface area (Å²) in [5.74, 6) is 1.54. The van der Waals surface area contributed by atoms with E-state index in [2.05, 4.69) is 17.6 Å². The van der Waals surface area contributed by atoms with Crippen LogP contribution in [-0.4, -0.2) is 51.5 Å². The predicted molar refractivity (Wildman–Crippen MR) is 125 cm³/mol. The average molecular weight is 505 g/mol. The van der Waals surface area contributed by atoms with E-state index in [1.165, 1.54) is 25.7 Å². The molecule has 0 atom stereocenters. The number of hydrogen-bond donors (Lipinski definition) is 3. The second-order valence-corrected chi connectivity index (χ2v) is 7.33. The molecule has 1 saturated carbocycles. The third-order valence-electron chi connectivity index (χ3n) is 5.37. The zero-order valence-corrected chi connectivity index (χ0v) is 19.8. The van der Waals surface area contributed by atoms with Crippen molar-refractivity contribution in [2.75, 3.05) is 40.5 Å². The molecule has 0 heterocycles. The first kappa shape index (κ1) is 24.8. The van der Waals surface area contributed by atoms with Crippen molar-refractivity contribution in [3.63, 3.8) is 0 Å². The second-order valence-electron chi connectivity index (χ2n) is 7.33. The third kappa shape index (κ3) is 7.66. The highest BCUT2D eigenvalue weighted by Crippen LogP contribution is 2.41. The Labute approximate surface area is 186 Å². The number of ether oxygens (including phenoxy) is 2. The van der Waals surface area contributed by atoms with Crippen LogP contribution < -0.4 is 15.4 Å². The van der Waals surface area contributed by atoms with Crippen LogP contribution in [0.3, 0.4) is 0 Å². The summed E-state index contributed by atoms with van der Waals surface area (Å²) in [7, 11) is 3.34. The van der Waals surface area contributed by atoms with Crippen molar-refractivity contribution < 1.29 is 14.6 Å². The maximum atomic E-state index is 9.70. The number of aliphatic imine (C=N–C) groups is 1. The van der Waals surface area contributed by atoms with Crippen molar-refractivity contribution in [2.45, 2.75) is 45.4 Å². The standard InChI is InChI=1S/C21H35N3O3.HI/c1-4-22-20(24-16-21(12-14-26-2)10-5-6-11-21)23-13-9-17-7-8-18(25)19(15-17)27-3;/h7-8,15,25H,4-6,9-14,16H2,1-3H3,(H2,22,23,24);1H. The lowest BCUT2D eigenvalue weighted by atomic mass is 9.83. The molecule has 0 saturated heterocycles. The molecule has 0 spiro atoms. The number of benzene rings is 1. The molecule has 2 rings (SSSR count). The van der Waals surface area contributed by atoms with Crippen LogP contribution in [0.2, 0.25) is 0 Å². The molecule has 7 heteroatoms. The van der Waals surface area contributed by atoms with Gasteiger partial charge >= 0.3 is 0 Å². The molecule has 0 aliphatic heterocycles. The molecule has 0 radical (unpaired) electrons. The van der Waals surface area contributed by atoms with E-state index in [1.807, 2.05) is 12.1 Å². The molecule has 1 aromatic carbocycles. The van der Waals surface area contributed by atoms with Crippen molar-refractivity contribution in [3.05, 3.63) is 23.8 Å². The van der Waals surface area contributed by atoms with Gasteiger partial charge in [-0.2, -0.15) is 0 Å². The van der Waals surface area contributed by atoms with Gasteiger partial charge < -0.3 is 25.2 Å². The molecule has 1 aliphatic carbocycles. The Kier molecular flexibility index (Phi) is 11.6. The van der Waals surface area contributed by atoms with E-state index >= 15 is 0 Å². The number of aromatic hydroxyl groups is 1. The lowest BCUT2D eigenvalue weighted by molar-refractivity contribution is 0.141. The average Bonchev–Trinajstić information content (AvgIpc) is 3.15. The Morgan fingerprint density at radius 1 is 1.21 bits per heavy atom. The maximum Gasteiger partial charge on any atom is 0.191 e. The highest BCUT2D eigenvalue weighted by atomic mass is 127. The summed E-state index contributed by atoms with van der Waals surface area (Å²) in [5.41, 5.74) is 1.41. The Morgan fingerprint density at radius 2 is 1.96 bits per heavy atom. The molecule has 1 fully saturated rings. The molecular formula is C21H36IN3O3. The molecule has 0 bridgehead atoms. The number of methoxy groups -OCH3 is 2. The largest absolute Gasteiger partial charge is 0.504 e. The summed E-state index contributed by atoms with van der Waals surface area (Å²) in [6.45, 7) is 5.34. The summed E-state index contributed by atoms with van der Waals surface area (Å²) in [4.78, 5) is 4.87. The zero-order chi connectivity index (χ0) is 19.5. The molecular weight excluding hydrogens is 469 g/mol. The number of nitrogens with one attached hydrogen (secondary N) is 2. The van der Waals surface area contributed by atoms with Gasteiger partial charge in [0.15, 0.2) is 17.5 Å². The Morgan fingerprint density at radius 3 is 2.61 bits per heavy atom. The van der Waals surface area contributed by atoms with Crippen LogP contribution in [0.25, 0.3) is 0 Å². The van der Waals surface area contributed by atoms with Crippen LogP contribution in [0.15, 0.2) is 23.2 Å². The van der Waals surface area contributed by atoms with E-state index in [9.17, 15) is 5.11 Å². The van der Waals surface area contributed by atoms with Crippen LogP contribution in [-0.2, 0) is 11.2 Å². The minimum atomic E-state index is 0. The molecule has 28 heavy (non-hydrogen) atoms. The molecule has 0 aromatic heterocycles. The van der Waals surface area contributed by atoms with E-state index in [1.54, 1.807) is 20.3 Å². The Balaban J connectivity index is 0.00000392. The van der Waals surface area contributed by atoms with Gasteiger partial charge in [0.1, 0.15) is 0 Å². The number of nitrogens with zero attached hydrogens (tertiary/aromatic N) is 1. The van der Waals surface area contributed by atoms with Gasteiger partial charge in [-0.25, -0.2) is 0 Å². The molecule has 0 unspecified atom stereocenters. The van der Waals surface area contributed by atoms with E-state index in [4.69, 9.17) is 14.5 Å². The molecule has 160 valence electrons. The highest BCUT2D eigenvalue weighted by Gasteiger charge is 2.33. The van der Waals surface area contributed by atoms with Crippen LogP contribution in [0, 0.1) is 5.41 Å². The summed E-state index contributed by atoms with van der Waals surface area (Å²) >= 11 is 0. The van der Waals surface area contributed by atoms with Crippen molar-refractivity contribution >= 4 is 29.9 Å². The minimum Gasteiger partial charge on any atom is -0.504 e. The lowest BCUT2D eigenvalue weighted by Gasteiger charge is -2.27. The summed E-state index contributed by atoms with van der Waals surface area (Å²) < 4.78 is 10.5. The predicted octanol–water partition coefficient (Wildman–Crippen LogP) is 3.71. The van der Waals surface area contributed by atoms with Crippen molar-refractivity contribution in [1.82, 2.24) is 10.6 Å². The fourth-order valence-electron chi connectivity index (χ4n) is 3.72. The van der Waals surface area contributed by atoms with E-state index in [0.717, 1.165) is 50.6 Å². The topological polar surface area (TPSA) is 75.1 Å². The quantitative estimate of drug-likeness (QED) is 0.257. The van der Waals surface area contributed by atoms with Crippen LogP contribution >= 0.6 is 24.0 Å². The SMILES string of the molecule is CCNC(=NCC1(CCOC)CCCC1)NCCc1ccc(O)c(OC)c1.I. The van der Waals surface area contributed by atoms with Gasteiger partial charge in [0.05, 0.1) is 7.11 Å². The molecule has 1 aliphatic rings. The number of guanidine groups is 1. The van der Waals surface area contributed by atoms with Crippen LogP contribution in [0.5, 0.6) is 11.5 Å². The van der Waals surface area contributed by atoms with Gasteiger partial charge in [0, 0.05) is 33.4 Å². The molecule has 0 amide bonds. The monoisotopic (exact) mass is 505 g/mol. The van der Waals surface area contributed by atoms with Gasteiger partial charge in [0.2, 0.25) is 0 Å². The molecule has 3 N–H and O–H groups in total. The second kappa shape index (κ2) is 13.1. The van der Waals surface area contributed by atoms with Crippen LogP contribution in [0.4, 0.5) is 0 Å². The summed E-state index contributed by atoms with van der Waals surface area (Å²) in [6, 6.07) is 5.47. The summed E-state index contributed by atoms with van der Waals surface area (Å²) in [5, 5.41) is 16.5. The summed E-state index contributed by atoms with van der Waals surface area (Å²) in [6.07, 6.45) is 6.99. The van der Waals surface area contributed by atoms with E-state index in [0.29, 0.717) is 11.2 Å². The molecule has 6 nitrogen and oxygen atoms in total. The number of rotatable bonds is 10. The minimum absolute atomic E-state index is 0. The first-order chi connectivity index (χ1) is 13.1. The maximum absolute atomic E-state index is 9.70. The van der Waals surface area contributed by atoms with Gasteiger partial charge in [-0.3, -0.25) is 4.99 Å². The number of halogens is 1. The van der Waals surface area contributed by atoms with Crippen molar-refractivity contribution in [2.24, 2.45) is 10.4 Å². The van der Waals surface area contributed by atoms with E-state index in [-0.39, 0.29) is 29.7 Å². The normalized spacial score (nSPS) is 15.8. The first-order valence-electron chi connectivity index (χ1n) is 9.99. The van der Waals surface area contributed by atoms with Gasteiger partial charge in [-0.05, 0) is 55.7 Å². The van der Waals surface area contributed by atoms with E-state index < -0.39 is 0 Å². The number of phenolic OH excluding ortho intramolecular Hbond substituents is 1. The van der Waals surface area contributed by atoms with Gasteiger partial charge in [-0.15, -0.1) is 24.0 Å². The fraction of sp³-hybridized carbons (Fsp3) is 0.667. The Hall–Kier alpha value is -1.22. The lowest BCUT2D eigenvalue weighted by Crippen LogP contribution is -2.39. The first-order valence-corrected chi connectivity index (χ1v) is 9.99.